The number of amides is 1. The summed E-state index contributed by atoms with van der Waals surface area (Å²) in [7, 11) is -4.41. The molecule has 0 fully saturated rings. The predicted octanol–water partition coefficient (Wildman–Crippen LogP) is 3.02. The Balaban J connectivity index is 2.56. The average Bonchev–Trinajstić information content (AvgIpc) is 2.56. The number of nitrogens with zero attached hydrogens (tertiary/aromatic N) is 2. The van der Waals surface area contributed by atoms with Crippen LogP contribution in [0.2, 0.25) is 0 Å². The Morgan fingerprint density at radius 3 is 2.33 bits per heavy atom. The minimum absolute atomic E-state index is 0.0308. The number of nitro groups is 1. The van der Waals surface area contributed by atoms with Crippen molar-refractivity contribution < 1.29 is 27.7 Å². The summed E-state index contributed by atoms with van der Waals surface area (Å²) >= 11 is 3.15. The molecule has 0 spiro atoms. The van der Waals surface area contributed by atoms with Crippen LogP contribution in [0.3, 0.4) is 0 Å². The van der Waals surface area contributed by atoms with E-state index in [1.54, 1.807) is 0 Å². The smallest absolute Gasteiger partial charge is 0.308 e. The largest absolute Gasteiger partial charge is 0.426 e. The van der Waals surface area contributed by atoms with Crippen LogP contribution in [0.25, 0.3) is 0 Å². The molecule has 0 atom stereocenters. The van der Waals surface area contributed by atoms with Crippen LogP contribution in [0.5, 0.6) is 5.75 Å². The quantitative estimate of drug-likeness (QED) is 0.293. The maximum absolute atomic E-state index is 12.9. The van der Waals surface area contributed by atoms with Crippen LogP contribution in [0.15, 0.2) is 51.8 Å². The Bertz CT molecular complexity index is 1040. The first-order valence-electron chi connectivity index (χ1n) is 7.32. The van der Waals surface area contributed by atoms with Crippen LogP contribution in [0, 0.1) is 10.1 Å². The molecule has 2 rings (SSSR count). The molecule has 0 bridgehead atoms. The zero-order chi connectivity index (χ0) is 20.4. The van der Waals surface area contributed by atoms with Crippen molar-refractivity contribution in [3.8, 4) is 5.75 Å². The van der Waals surface area contributed by atoms with E-state index in [1.165, 1.54) is 31.2 Å². The Labute approximate surface area is 162 Å². The number of halogens is 1. The molecular weight excluding hydrogens is 444 g/mol. The van der Waals surface area contributed by atoms with Crippen LogP contribution >= 0.6 is 15.9 Å². The highest BCUT2D eigenvalue weighted by Gasteiger charge is 2.30. The highest BCUT2D eigenvalue weighted by atomic mass is 79.9. The number of sulfonamides is 1. The van der Waals surface area contributed by atoms with Crippen molar-refractivity contribution in [1.82, 2.24) is 0 Å². The molecule has 9 nitrogen and oxygen atoms in total. The second-order valence-electron chi connectivity index (χ2n) is 5.25. The molecule has 2 aromatic carbocycles. The van der Waals surface area contributed by atoms with E-state index in [-0.39, 0.29) is 15.9 Å². The lowest BCUT2D eigenvalue weighted by molar-refractivity contribution is -0.385. The van der Waals surface area contributed by atoms with Gasteiger partial charge in [0.2, 0.25) is 5.91 Å². The molecule has 142 valence electrons. The van der Waals surface area contributed by atoms with E-state index in [2.05, 4.69) is 15.9 Å². The van der Waals surface area contributed by atoms with Crippen molar-refractivity contribution in [2.45, 2.75) is 18.7 Å². The van der Waals surface area contributed by atoms with Gasteiger partial charge < -0.3 is 4.74 Å². The third kappa shape index (κ3) is 4.49. The van der Waals surface area contributed by atoms with Crippen molar-refractivity contribution in [3.63, 3.8) is 0 Å². The summed E-state index contributed by atoms with van der Waals surface area (Å²) in [6, 6.07) is 8.26. The molecule has 0 aliphatic carbocycles. The zero-order valence-electron chi connectivity index (χ0n) is 14.1. The first-order valence-corrected chi connectivity index (χ1v) is 9.55. The van der Waals surface area contributed by atoms with Crippen LogP contribution in [-0.4, -0.2) is 25.2 Å². The third-order valence-electron chi connectivity index (χ3n) is 3.26. The van der Waals surface area contributed by atoms with Gasteiger partial charge in [-0.1, -0.05) is 6.07 Å². The number of esters is 1. The lowest BCUT2D eigenvalue weighted by Gasteiger charge is -2.21. The van der Waals surface area contributed by atoms with Gasteiger partial charge in [0.1, 0.15) is 5.75 Å². The Morgan fingerprint density at radius 1 is 1.15 bits per heavy atom. The van der Waals surface area contributed by atoms with E-state index >= 15 is 0 Å². The maximum Gasteiger partial charge on any atom is 0.308 e. The molecule has 0 heterocycles. The summed E-state index contributed by atoms with van der Waals surface area (Å²) in [5, 5.41) is 10.9. The molecule has 0 aliphatic rings. The number of carbonyl (C=O) groups is 2. The standard InChI is InChI=1S/C16H13BrN2O7S/c1-10(20)18(12-6-7-16(15(17)9-12)26-11(2)21)27(24,25)14-5-3-4-13(8-14)19(22)23/h3-9H,1-2H3. The molecule has 0 aromatic heterocycles. The lowest BCUT2D eigenvalue weighted by atomic mass is 10.3. The van der Waals surface area contributed by atoms with Crippen molar-refractivity contribution in [2.75, 3.05) is 4.31 Å². The van der Waals surface area contributed by atoms with Gasteiger partial charge in [-0.25, -0.2) is 12.7 Å². The van der Waals surface area contributed by atoms with Crippen LogP contribution in [-0.2, 0) is 19.6 Å². The van der Waals surface area contributed by atoms with Crippen LogP contribution < -0.4 is 9.04 Å². The Kier molecular flexibility index (Phi) is 5.96. The molecular formula is C16H13BrN2O7S. The number of ether oxygens (including phenoxy) is 1. The molecule has 0 N–H and O–H groups in total. The van der Waals surface area contributed by atoms with E-state index in [4.69, 9.17) is 4.74 Å². The van der Waals surface area contributed by atoms with Crippen LogP contribution in [0.1, 0.15) is 13.8 Å². The second-order valence-corrected chi connectivity index (χ2v) is 7.89. The van der Waals surface area contributed by atoms with Gasteiger partial charge in [-0.05, 0) is 40.2 Å². The topological polar surface area (TPSA) is 124 Å². The van der Waals surface area contributed by atoms with Gasteiger partial charge in [-0.3, -0.25) is 19.7 Å². The van der Waals surface area contributed by atoms with Crippen molar-refractivity contribution in [2.24, 2.45) is 0 Å². The zero-order valence-corrected chi connectivity index (χ0v) is 16.5. The van der Waals surface area contributed by atoms with Gasteiger partial charge in [-0.15, -0.1) is 0 Å². The number of benzene rings is 2. The third-order valence-corrected chi connectivity index (χ3v) is 5.67. The normalized spacial score (nSPS) is 10.9. The molecule has 27 heavy (non-hydrogen) atoms. The van der Waals surface area contributed by atoms with Crippen molar-refractivity contribution >= 4 is 49.2 Å². The van der Waals surface area contributed by atoms with Gasteiger partial charge in [-0.2, -0.15) is 0 Å². The number of hydrogen-bond donors (Lipinski definition) is 0. The monoisotopic (exact) mass is 456 g/mol. The lowest BCUT2D eigenvalue weighted by Crippen LogP contribution is -2.35. The van der Waals surface area contributed by atoms with E-state index in [0.29, 0.717) is 4.31 Å². The maximum atomic E-state index is 12.9. The van der Waals surface area contributed by atoms with Gasteiger partial charge in [0.05, 0.1) is 20.0 Å². The van der Waals surface area contributed by atoms with E-state index in [0.717, 1.165) is 25.1 Å². The van der Waals surface area contributed by atoms with Crippen molar-refractivity contribution in [1.29, 1.82) is 0 Å². The Morgan fingerprint density at radius 2 is 1.81 bits per heavy atom. The molecule has 0 saturated carbocycles. The van der Waals surface area contributed by atoms with Gasteiger partial charge in [0.25, 0.3) is 15.7 Å². The molecule has 0 saturated heterocycles. The highest BCUT2D eigenvalue weighted by molar-refractivity contribution is 9.10. The summed E-state index contributed by atoms with van der Waals surface area (Å²) in [4.78, 5) is 32.9. The minimum atomic E-state index is -4.41. The van der Waals surface area contributed by atoms with Crippen LogP contribution in [0.4, 0.5) is 11.4 Å². The molecule has 0 unspecified atom stereocenters. The van der Waals surface area contributed by atoms with Gasteiger partial charge >= 0.3 is 5.97 Å². The van der Waals surface area contributed by atoms with Gasteiger partial charge in [0, 0.05) is 26.0 Å². The number of nitro benzene ring substituents is 1. The average molecular weight is 457 g/mol. The number of rotatable bonds is 5. The Hall–Kier alpha value is -2.79. The first kappa shape index (κ1) is 20.5. The fourth-order valence-corrected chi connectivity index (χ4v) is 4.11. The summed E-state index contributed by atoms with van der Waals surface area (Å²) in [6.07, 6.45) is 0. The molecule has 11 heteroatoms. The summed E-state index contributed by atoms with van der Waals surface area (Å²) in [6.45, 7) is 2.25. The van der Waals surface area contributed by atoms with E-state index < -0.39 is 37.4 Å². The SMILES string of the molecule is CC(=O)Oc1ccc(N(C(C)=O)S(=O)(=O)c2cccc([N+](=O)[O-])c2)cc1Br. The summed E-state index contributed by atoms with van der Waals surface area (Å²) < 4.78 is 31.5. The fourth-order valence-electron chi connectivity index (χ4n) is 2.21. The number of anilines is 1. The number of non-ortho nitro benzene ring substituents is 1. The predicted molar refractivity (Wildman–Crippen MR) is 98.9 cm³/mol. The molecule has 2 aromatic rings. The fraction of sp³-hybridized carbons (Fsp3) is 0.125. The van der Waals surface area contributed by atoms with E-state index in [9.17, 15) is 28.1 Å². The molecule has 0 aliphatic heterocycles. The summed E-state index contributed by atoms with van der Waals surface area (Å²) in [5.74, 6) is -1.26. The van der Waals surface area contributed by atoms with Gasteiger partial charge in [0.15, 0.2) is 0 Å². The number of carbonyl (C=O) groups excluding carboxylic acids is 2. The highest BCUT2D eigenvalue weighted by Crippen LogP contribution is 2.33. The summed E-state index contributed by atoms with van der Waals surface area (Å²) in [5.41, 5.74) is -0.456. The van der Waals surface area contributed by atoms with Crippen molar-refractivity contribution in [3.05, 3.63) is 57.1 Å². The molecule has 1 amide bonds. The molecule has 0 radical (unpaired) electrons. The second kappa shape index (κ2) is 7.84. The minimum Gasteiger partial charge on any atom is -0.426 e. The first-order chi connectivity index (χ1) is 12.5. The number of hydrogen-bond acceptors (Lipinski definition) is 7. The van der Waals surface area contributed by atoms with E-state index in [1.807, 2.05) is 0 Å².